The Morgan fingerprint density at radius 1 is 1.83 bits per heavy atom. The maximum absolute atomic E-state index is 11.1. The van der Waals surface area contributed by atoms with Crippen LogP contribution in [-0.2, 0) is 4.79 Å². The van der Waals surface area contributed by atoms with Crippen LogP contribution in [0.1, 0.15) is 0 Å². The molecule has 0 atom stereocenters. The fraction of sp³-hybridized carbons (Fsp3) is 0.667. The average Bonchev–Trinajstić information content (AvgIpc) is 2.53. The van der Waals surface area contributed by atoms with Gasteiger partial charge in [0.1, 0.15) is 0 Å². The minimum Gasteiger partial charge on any atom is -0.305 e. The molecule has 6 heteroatoms. The van der Waals surface area contributed by atoms with Crippen molar-refractivity contribution in [1.82, 2.24) is 5.32 Å². The Kier molecular flexibility index (Phi) is 4.94. The summed E-state index contributed by atoms with van der Waals surface area (Å²) < 4.78 is 0. The third-order valence-electron chi connectivity index (χ3n) is 1.14. The molecule has 0 aromatic heterocycles. The van der Waals surface area contributed by atoms with Gasteiger partial charge in [0, 0.05) is 5.75 Å². The zero-order valence-corrected chi connectivity index (χ0v) is 9.15. The van der Waals surface area contributed by atoms with E-state index >= 15 is 0 Å². The molecule has 12 heavy (non-hydrogen) atoms. The van der Waals surface area contributed by atoms with Gasteiger partial charge in [0.15, 0.2) is 5.17 Å². The van der Waals surface area contributed by atoms with Gasteiger partial charge in [0.25, 0.3) is 0 Å². The molecule has 1 N–H and O–H groups in total. The van der Waals surface area contributed by atoms with E-state index < -0.39 is 0 Å². The fourth-order valence-electron chi connectivity index (χ4n) is 0.679. The van der Waals surface area contributed by atoms with Crippen LogP contribution in [0.2, 0.25) is 0 Å². The van der Waals surface area contributed by atoms with Gasteiger partial charge in [-0.15, -0.1) is 0 Å². The lowest BCUT2D eigenvalue weighted by Gasteiger charge is -2.01. The Bertz CT molecular complexity index is 195. The number of amides is 1. The Labute approximate surface area is 83.9 Å². The maximum atomic E-state index is 11.1. The van der Waals surface area contributed by atoms with Crippen LogP contribution >= 0.6 is 33.3 Å². The Morgan fingerprint density at radius 2 is 2.67 bits per heavy atom. The molecule has 0 aromatic rings. The standard InChI is InChI=1S/C6H10N2OS3/c1-10-12-4-5(9)8-6-7-2-3-11-6/h2-4H2,1H3,(H,7,8,9). The van der Waals surface area contributed by atoms with Gasteiger partial charge in [-0.3, -0.25) is 9.79 Å². The lowest BCUT2D eigenvalue weighted by atomic mass is 10.7. The van der Waals surface area contributed by atoms with Crippen molar-refractivity contribution >= 4 is 44.4 Å². The van der Waals surface area contributed by atoms with Crippen molar-refractivity contribution < 1.29 is 4.79 Å². The van der Waals surface area contributed by atoms with Gasteiger partial charge in [-0.1, -0.05) is 33.3 Å². The minimum atomic E-state index is 0.0440. The van der Waals surface area contributed by atoms with Crippen molar-refractivity contribution in [3.8, 4) is 0 Å². The zero-order chi connectivity index (χ0) is 8.81. The molecule has 0 unspecified atom stereocenters. The maximum Gasteiger partial charge on any atom is 0.236 e. The van der Waals surface area contributed by atoms with Crippen molar-refractivity contribution in [2.45, 2.75) is 0 Å². The van der Waals surface area contributed by atoms with Gasteiger partial charge in [-0.2, -0.15) is 0 Å². The molecule has 0 saturated carbocycles. The summed E-state index contributed by atoms with van der Waals surface area (Å²) in [6.45, 7) is 0.829. The molecule has 0 fully saturated rings. The molecule has 1 rings (SSSR count). The van der Waals surface area contributed by atoms with Crippen molar-refractivity contribution in [3.63, 3.8) is 0 Å². The Hall–Kier alpha value is 0.190. The third kappa shape index (κ3) is 3.73. The summed E-state index contributed by atoms with van der Waals surface area (Å²) in [4.78, 5) is 15.2. The van der Waals surface area contributed by atoms with Gasteiger partial charge in [-0.05, 0) is 6.26 Å². The summed E-state index contributed by atoms with van der Waals surface area (Å²) in [6.07, 6.45) is 1.96. The molecule has 0 bridgehead atoms. The molecular weight excluding hydrogens is 212 g/mol. The van der Waals surface area contributed by atoms with Crippen LogP contribution in [0, 0.1) is 0 Å². The zero-order valence-electron chi connectivity index (χ0n) is 6.70. The van der Waals surface area contributed by atoms with E-state index in [1.807, 2.05) is 6.26 Å². The molecule has 1 aliphatic rings. The topological polar surface area (TPSA) is 41.5 Å². The second-order valence-electron chi connectivity index (χ2n) is 2.01. The highest BCUT2D eigenvalue weighted by Crippen LogP contribution is 2.16. The van der Waals surface area contributed by atoms with E-state index in [-0.39, 0.29) is 5.91 Å². The van der Waals surface area contributed by atoms with Crippen LogP contribution in [0.4, 0.5) is 0 Å². The van der Waals surface area contributed by atoms with Gasteiger partial charge >= 0.3 is 0 Å². The number of carbonyl (C=O) groups is 1. The van der Waals surface area contributed by atoms with Crippen molar-refractivity contribution in [2.75, 3.05) is 24.3 Å². The average molecular weight is 222 g/mol. The number of rotatable bonds is 3. The van der Waals surface area contributed by atoms with E-state index in [4.69, 9.17) is 0 Å². The van der Waals surface area contributed by atoms with Crippen LogP contribution in [0.5, 0.6) is 0 Å². The van der Waals surface area contributed by atoms with Crippen LogP contribution in [0.3, 0.4) is 0 Å². The summed E-state index contributed by atoms with van der Waals surface area (Å²) in [6, 6.07) is 0. The molecule has 3 nitrogen and oxygen atoms in total. The highest BCUT2D eigenvalue weighted by Gasteiger charge is 2.09. The number of amidine groups is 1. The van der Waals surface area contributed by atoms with Crippen molar-refractivity contribution in [3.05, 3.63) is 0 Å². The van der Waals surface area contributed by atoms with Gasteiger partial charge in [-0.25, -0.2) is 0 Å². The van der Waals surface area contributed by atoms with E-state index in [1.54, 1.807) is 22.6 Å². The second kappa shape index (κ2) is 5.77. The molecule has 1 aliphatic heterocycles. The first-order valence-corrected chi connectivity index (χ1v) is 7.17. The first-order valence-electron chi connectivity index (χ1n) is 3.45. The Morgan fingerprint density at radius 3 is 3.25 bits per heavy atom. The minimum absolute atomic E-state index is 0.0440. The number of hydrogen-bond acceptors (Lipinski definition) is 5. The van der Waals surface area contributed by atoms with Crippen LogP contribution in [-0.4, -0.2) is 35.4 Å². The fourth-order valence-corrected chi connectivity index (χ4v) is 2.39. The number of aliphatic imine (C=N–C) groups is 1. The molecule has 0 spiro atoms. The van der Waals surface area contributed by atoms with E-state index in [0.717, 1.165) is 17.5 Å². The lowest BCUT2D eigenvalue weighted by molar-refractivity contribution is -0.117. The molecule has 0 aromatic carbocycles. The lowest BCUT2D eigenvalue weighted by Crippen LogP contribution is -2.28. The molecule has 1 amide bonds. The molecule has 1 heterocycles. The number of nitrogens with zero attached hydrogens (tertiary/aromatic N) is 1. The summed E-state index contributed by atoms with van der Waals surface area (Å²) in [5.41, 5.74) is 0. The van der Waals surface area contributed by atoms with E-state index in [1.165, 1.54) is 10.8 Å². The van der Waals surface area contributed by atoms with Crippen LogP contribution in [0.15, 0.2) is 4.99 Å². The van der Waals surface area contributed by atoms with E-state index in [2.05, 4.69) is 10.3 Å². The highest BCUT2D eigenvalue weighted by molar-refractivity contribution is 8.76. The molecule has 0 saturated heterocycles. The number of thioether (sulfide) groups is 1. The van der Waals surface area contributed by atoms with Crippen molar-refractivity contribution in [1.29, 1.82) is 0 Å². The van der Waals surface area contributed by atoms with Gasteiger partial charge in [0.2, 0.25) is 5.91 Å². The second-order valence-corrected chi connectivity index (χ2v) is 5.66. The smallest absolute Gasteiger partial charge is 0.236 e. The largest absolute Gasteiger partial charge is 0.305 e. The van der Waals surface area contributed by atoms with Gasteiger partial charge in [0.05, 0.1) is 12.3 Å². The van der Waals surface area contributed by atoms with Crippen LogP contribution in [0.25, 0.3) is 0 Å². The monoisotopic (exact) mass is 222 g/mol. The summed E-state index contributed by atoms with van der Waals surface area (Å²) in [5.74, 6) is 1.54. The highest BCUT2D eigenvalue weighted by atomic mass is 33.1. The quantitative estimate of drug-likeness (QED) is 0.729. The van der Waals surface area contributed by atoms with E-state index in [9.17, 15) is 4.79 Å². The summed E-state index contributed by atoms with van der Waals surface area (Å²) in [5, 5.41) is 3.53. The normalized spacial score (nSPS) is 15.9. The summed E-state index contributed by atoms with van der Waals surface area (Å²) >= 11 is 1.61. The molecule has 0 radical (unpaired) electrons. The first kappa shape index (κ1) is 10.3. The SMILES string of the molecule is CSSCC(=O)NC1=NCCS1. The number of nitrogens with one attached hydrogen (secondary N) is 1. The molecular formula is C6H10N2OS3. The van der Waals surface area contributed by atoms with Crippen LogP contribution < -0.4 is 5.32 Å². The molecule has 0 aliphatic carbocycles. The third-order valence-corrected chi connectivity index (χ3v) is 3.71. The predicted octanol–water partition coefficient (Wildman–Crippen LogP) is 1.22. The predicted molar refractivity (Wildman–Crippen MR) is 58.9 cm³/mol. The van der Waals surface area contributed by atoms with E-state index in [0.29, 0.717) is 5.75 Å². The number of carbonyl (C=O) groups excluding carboxylic acids is 1. The molecule has 68 valence electrons. The van der Waals surface area contributed by atoms with Crippen molar-refractivity contribution in [2.24, 2.45) is 4.99 Å². The van der Waals surface area contributed by atoms with Gasteiger partial charge < -0.3 is 5.32 Å². The first-order chi connectivity index (χ1) is 5.83. The Balaban J connectivity index is 2.17. The number of hydrogen-bond donors (Lipinski definition) is 1. The summed E-state index contributed by atoms with van der Waals surface area (Å²) in [7, 11) is 3.14.